The van der Waals surface area contributed by atoms with Gasteiger partial charge in [-0.15, -0.1) is 0 Å². The average Bonchev–Trinajstić information content (AvgIpc) is 2.38. The maximum Gasteiger partial charge on any atom is 0.394 e. The fourth-order valence-electron chi connectivity index (χ4n) is 1.21. The Morgan fingerprint density at radius 3 is 1.75 bits per heavy atom. The summed E-state index contributed by atoms with van der Waals surface area (Å²) in [4.78, 5) is 0. The molecule has 7 nitrogen and oxygen atoms in total. The Balaban J connectivity index is 0.000000340. The highest BCUT2D eigenvalue weighted by Crippen LogP contribution is 2.22. The Labute approximate surface area is 116 Å². The first kappa shape index (κ1) is 18.3. The number of phenolic OH excluding ortho intramolecular Hbond substituents is 1. The summed E-state index contributed by atoms with van der Waals surface area (Å²) in [7, 11) is -4.67. The molecule has 0 amide bonds. The van der Waals surface area contributed by atoms with Crippen LogP contribution in [0.1, 0.15) is 0 Å². The first-order chi connectivity index (χ1) is 9.29. The van der Waals surface area contributed by atoms with Crippen LogP contribution >= 0.6 is 0 Å². The lowest BCUT2D eigenvalue weighted by Crippen LogP contribution is -1.89. The molecule has 0 spiro atoms. The SMILES string of the molecule is O=S(=O)(O)O.OCCO.Oc1cccc2ccccc12. The van der Waals surface area contributed by atoms with Crippen LogP contribution in [0.4, 0.5) is 0 Å². The van der Waals surface area contributed by atoms with E-state index in [0.29, 0.717) is 5.75 Å². The van der Waals surface area contributed by atoms with Crippen LogP contribution in [0.5, 0.6) is 5.75 Å². The summed E-state index contributed by atoms with van der Waals surface area (Å²) in [5, 5.41) is 26.6. The lowest BCUT2D eigenvalue weighted by molar-refractivity contribution is 0.186. The smallest absolute Gasteiger partial charge is 0.394 e. The molecular weight excluding hydrogens is 288 g/mol. The zero-order chi connectivity index (χ0) is 15.6. The highest BCUT2D eigenvalue weighted by molar-refractivity contribution is 7.79. The molecule has 0 aromatic heterocycles. The van der Waals surface area contributed by atoms with Gasteiger partial charge in [0.2, 0.25) is 0 Å². The summed E-state index contributed by atoms with van der Waals surface area (Å²) < 4.78 is 31.6. The molecule has 0 fully saturated rings. The van der Waals surface area contributed by atoms with Crippen molar-refractivity contribution in [2.24, 2.45) is 0 Å². The van der Waals surface area contributed by atoms with Crippen LogP contribution in [0.25, 0.3) is 10.8 Å². The largest absolute Gasteiger partial charge is 0.507 e. The van der Waals surface area contributed by atoms with Crippen molar-refractivity contribution in [2.45, 2.75) is 0 Å². The molecule has 0 saturated heterocycles. The molecule has 0 heterocycles. The molecule has 5 N–H and O–H groups in total. The van der Waals surface area contributed by atoms with E-state index >= 15 is 0 Å². The minimum Gasteiger partial charge on any atom is -0.507 e. The number of phenols is 1. The van der Waals surface area contributed by atoms with Crippen molar-refractivity contribution in [2.75, 3.05) is 13.2 Å². The van der Waals surface area contributed by atoms with Crippen LogP contribution < -0.4 is 0 Å². The van der Waals surface area contributed by atoms with Gasteiger partial charge in [-0.25, -0.2) is 0 Å². The van der Waals surface area contributed by atoms with Gasteiger partial charge in [0.15, 0.2) is 0 Å². The van der Waals surface area contributed by atoms with Gasteiger partial charge in [-0.3, -0.25) is 9.11 Å². The van der Waals surface area contributed by atoms with E-state index in [1.54, 1.807) is 6.07 Å². The van der Waals surface area contributed by atoms with E-state index < -0.39 is 10.4 Å². The second kappa shape index (κ2) is 9.23. The molecule has 2 rings (SSSR count). The molecule has 8 heteroatoms. The molecule has 0 aliphatic heterocycles. The highest BCUT2D eigenvalue weighted by Gasteiger charge is 1.94. The number of hydrogen-bond donors (Lipinski definition) is 5. The lowest BCUT2D eigenvalue weighted by Gasteiger charge is -1.97. The number of benzene rings is 2. The number of aliphatic hydroxyl groups excluding tert-OH is 2. The van der Waals surface area contributed by atoms with Gasteiger partial charge in [0.05, 0.1) is 13.2 Å². The molecular formula is C12H16O7S. The minimum absolute atomic E-state index is 0.125. The summed E-state index contributed by atoms with van der Waals surface area (Å²) in [6, 6.07) is 13.3. The van der Waals surface area contributed by atoms with E-state index in [1.807, 2.05) is 36.4 Å². The predicted octanol–water partition coefficient (Wildman–Crippen LogP) is 0.864. The first-order valence-electron chi connectivity index (χ1n) is 5.38. The van der Waals surface area contributed by atoms with Gasteiger partial charge in [0.1, 0.15) is 5.75 Å². The van der Waals surface area contributed by atoms with Crippen LogP contribution in [0.2, 0.25) is 0 Å². The summed E-state index contributed by atoms with van der Waals surface area (Å²) in [6.07, 6.45) is 0. The average molecular weight is 304 g/mol. The highest BCUT2D eigenvalue weighted by atomic mass is 32.3. The van der Waals surface area contributed by atoms with Crippen molar-refractivity contribution in [3.05, 3.63) is 42.5 Å². The topological polar surface area (TPSA) is 135 Å². The van der Waals surface area contributed by atoms with E-state index in [0.717, 1.165) is 10.8 Å². The number of fused-ring (bicyclic) bond motifs is 1. The third kappa shape index (κ3) is 9.25. The number of aliphatic hydroxyl groups is 2. The van der Waals surface area contributed by atoms with Gasteiger partial charge in [-0.05, 0) is 11.5 Å². The third-order valence-electron chi connectivity index (χ3n) is 1.87. The molecule has 0 aliphatic rings. The van der Waals surface area contributed by atoms with E-state index in [4.69, 9.17) is 27.7 Å². The minimum atomic E-state index is -4.67. The predicted molar refractivity (Wildman–Crippen MR) is 74.0 cm³/mol. The van der Waals surface area contributed by atoms with E-state index in [1.165, 1.54) is 0 Å². The van der Waals surface area contributed by atoms with Crippen molar-refractivity contribution in [3.63, 3.8) is 0 Å². The molecule has 0 bridgehead atoms. The van der Waals surface area contributed by atoms with Gasteiger partial charge in [0.25, 0.3) is 0 Å². The second-order valence-corrected chi connectivity index (χ2v) is 4.29. The van der Waals surface area contributed by atoms with Gasteiger partial charge >= 0.3 is 10.4 Å². The van der Waals surface area contributed by atoms with E-state index in [9.17, 15) is 5.11 Å². The molecule has 20 heavy (non-hydrogen) atoms. The Hall–Kier alpha value is -1.71. The molecule has 2 aromatic carbocycles. The zero-order valence-electron chi connectivity index (χ0n) is 10.4. The maximum absolute atomic E-state index is 9.37. The van der Waals surface area contributed by atoms with Crippen LogP contribution in [0, 0.1) is 0 Å². The molecule has 0 radical (unpaired) electrons. The zero-order valence-corrected chi connectivity index (χ0v) is 11.2. The van der Waals surface area contributed by atoms with Gasteiger partial charge < -0.3 is 15.3 Å². The Kier molecular flexibility index (Phi) is 8.45. The van der Waals surface area contributed by atoms with E-state index in [2.05, 4.69) is 0 Å². The molecule has 112 valence electrons. The fourth-order valence-corrected chi connectivity index (χ4v) is 1.21. The maximum atomic E-state index is 9.37. The van der Waals surface area contributed by atoms with Crippen LogP contribution in [0.15, 0.2) is 42.5 Å². The van der Waals surface area contributed by atoms with Crippen LogP contribution in [0.3, 0.4) is 0 Å². The van der Waals surface area contributed by atoms with Gasteiger partial charge in [-0.1, -0.05) is 36.4 Å². The van der Waals surface area contributed by atoms with Crippen molar-refractivity contribution in [1.29, 1.82) is 0 Å². The van der Waals surface area contributed by atoms with E-state index in [-0.39, 0.29) is 13.2 Å². The third-order valence-corrected chi connectivity index (χ3v) is 1.87. The Bertz CT molecular complexity index is 595. The fraction of sp³-hybridized carbons (Fsp3) is 0.167. The second-order valence-electron chi connectivity index (χ2n) is 3.39. The summed E-state index contributed by atoms with van der Waals surface area (Å²) >= 11 is 0. The Morgan fingerprint density at radius 1 is 0.850 bits per heavy atom. The number of hydrogen-bond acceptors (Lipinski definition) is 5. The number of rotatable bonds is 1. The Morgan fingerprint density at radius 2 is 1.30 bits per heavy atom. The van der Waals surface area contributed by atoms with Crippen LogP contribution in [-0.4, -0.2) is 46.1 Å². The molecule has 2 aromatic rings. The van der Waals surface area contributed by atoms with Crippen molar-refractivity contribution in [1.82, 2.24) is 0 Å². The summed E-state index contributed by atoms with van der Waals surface area (Å²) in [5.74, 6) is 0.350. The summed E-state index contributed by atoms with van der Waals surface area (Å²) in [5.41, 5.74) is 0. The molecule has 0 saturated carbocycles. The molecule has 0 aliphatic carbocycles. The molecule has 0 atom stereocenters. The monoisotopic (exact) mass is 304 g/mol. The quantitative estimate of drug-likeness (QED) is 0.493. The number of aromatic hydroxyl groups is 1. The summed E-state index contributed by atoms with van der Waals surface area (Å²) in [6.45, 7) is -0.250. The van der Waals surface area contributed by atoms with Gasteiger partial charge in [-0.2, -0.15) is 8.42 Å². The normalized spacial score (nSPS) is 10.0. The molecule has 0 unspecified atom stereocenters. The van der Waals surface area contributed by atoms with Crippen LogP contribution in [-0.2, 0) is 10.4 Å². The van der Waals surface area contributed by atoms with Crippen molar-refractivity contribution >= 4 is 21.2 Å². The van der Waals surface area contributed by atoms with Gasteiger partial charge in [0, 0.05) is 5.39 Å². The lowest BCUT2D eigenvalue weighted by atomic mass is 10.1. The van der Waals surface area contributed by atoms with Crippen molar-refractivity contribution in [3.8, 4) is 5.75 Å². The van der Waals surface area contributed by atoms with Crippen molar-refractivity contribution < 1.29 is 32.8 Å². The standard InChI is InChI=1S/C10H8O.C2H6O2.H2O4S/c11-10-7-3-5-8-4-1-2-6-9(8)10;3-1-2-4;1-5(2,3)4/h1-7,11H;3-4H,1-2H2;(H2,1,2,3,4). The first-order valence-corrected chi connectivity index (χ1v) is 6.77.